The average Bonchev–Trinajstić information content (AvgIpc) is 2.55. The van der Waals surface area contributed by atoms with Crippen molar-refractivity contribution in [3.05, 3.63) is 41.3 Å². The minimum Gasteiger partial charge on any atom is -0.436 e. The molecule has 0 aliphatic heterocycles. The smallest absolute Gasteiger partial charge is 0.219 e. The van der Waals surface area contributed by atoms with Gasteiger partial charge in [0, 0.05) is 28.8 Å². The monoisotopic (exact) mass is 357 g/mol. The highest BCUT2D eigenvalue weighted by Crippen LogP contribution is 2.46. The highest BCUT2D eigenvalue weighted by Gasteiger charge is 2.39. The Morgan fingerprint density at radius 2 is 1.77 bits per heavy atom. The number of anilines is 2. The summed E-state index contributed by atoms with van der Waals surface area (Å²) in [5.74, 6) is -0.281. The summed E-state index contributed by atoms with van der Waals surface area (Å²) in [6, 6.07) is 6.07. The summed E-state index contributed by atoms with van der Waals surface area (Å²) < 4.78 is 20.2. The minimum absolute atomic E-state index is 0.00356. The van der Waals surface area contributed by atoms with E-state index in [0.29, 0.717) is 29.8 Å². The van der Waals surface area contributed by atoms with Crippen molar-refractivity contribution in [3.8, 4) is 11.6 Å². The maximum atomic E-state index is 14.6. The number of ether oxygens (including phenoxy) is 1. The molecule has 0 amide bonds. The van der Waals surface area contributed by atoms with Crippen LogP contribution in [0.2, 0.25) is 0 Å². The van der Waals surface area contributed by atoms with E-state index in [-0.39, 0.29) is 17.0 Å². The number of rotatable bonds is 4. The molecule has 2 saturated carbocycles. The van der Waals surface area contributed by atoms with Crippen molar-refractivity contribution in [2.75, 3.05) is 11.5 Å². The van der Waals surface area contributed by atoms with Crippen LogP contribution in [0.25, 0.3) is 0 Å². The number of aliphatic hydroxyl groups is 1. The molecule has 0 radical (unpaired) electrons. The molecular formula is C20H24FN3O2. The molecule has 2 aromatic rings. The molecule has 138 valence electrons. The van der Waals surface area contributed by atoms with Crippen molar-refractivity contribution in [1.29, 1.82) is 0 Å². The first-order chi connectivity index (χ1) is 12.3. The lowest BCUT2D eigenvalue weighted by Crippen LogP contribution is -2.34. The van der Waals surface area contributed by atoms with Crippen LogP contribution >= 0.6 is 0 Å². The number of hydrogen-bond donors (Lipinski definition) is 3. The zero-order valence-electron chi connectivity index (χ0n) is 14.9. The normalized spacial score (nSPS) is 20.1. The van der Waals surface area contributed by atoms with Crippen LogP contribution in [0.3, 0.4) is 0 Å². The third-order valence-electron chi connectivity index (χ3n) is 5.93. The quantitative estimate of drug-likeness (QED) is 0.719. The fraction of sp³-hybridized carbons (Fsp3) is 0.450. The molecule has 2 aliphatic carbocycles. The van der Waals surface area contributed by atoms with E-state index < -0.39 is 11.4 Å². The Morgan fingerprint density at radius 3 is 2.35 bits per heavy atom. The van der Waals surface area contributed by atoms with E-state index in [1.54, 1.807) is 12.1 Å². The van der Waals surface area contributed by atoms with Gasteiger partial charge in [0.25, 0.3) is 0 Å². The summed E-state index contributed by atoms with van der Waals surface area (Å²) >= 11 is 0. The van der Waals surface area contributed by atoms with Crippen molar-refractivity contribution in [2.45, 2.75) is 56.5 Å². The Morgan fingerprint density at radius 1 is 1.08 bits per heavy atom. The van der Waals surface area contributed by atoms with Crippen LogP contribution in [0.4, 0.5) is 15.8 Å². The van der Waals surface area contributed by atoms with E-state index in [0.717, 1.165) is 31.4 Å². The highest BCUT2D eigenvalue weighted by atomic mass is 19.1. The topological polar surface area (TPSA) is 94.4 Å². The molecule has 1 aromatic heterocycles. The molecule has 26 heavy (non-hydrogen) atoms. The van der Waals surface area contributed by atoms with Gasteiger partial charge in [-0.15, -0.1) is 0 Å². The predicted molar refractivity (Wildman–Crippen MR) is 98.5 cm³/mol. The number of benzene rings is 1. The highest BCUT2D eigenvalue weighted by molar-refractivity contribution is 5.56. The zero-order valence-corrected chi connectivity index (χ0v) is 14.9. The fourth-order valence-electron chi connectivity index (χ4n) is 3.88. The summed E-state index contributed by atoms with van der Waals surface area (Å²) in [4.78, 5) is 4.53. The second-order valence-corrected chi connectivity index (χ2v) is 7.86. The van der Waals surface area contributed by atoms with Gasteiger partial charge >= 0.3 is 0 Å². The molecule has 5 N–H and O–H groups in total. The number of aromatic nitrogens is 1. The largest absolute Gasteiger partial charge is 0.436 e. The number of nitrogens with two attached hydrogens (primary N) is 2. The van der Waals surface area contributed by atoms with Crippen LogP contribution in [-0.2, 0) is 11.0 Å². The molecule has 1 aromatic carbocycles. The van der Waals surface area contributed by atoms with Gasteiger partial charge in [0.1, 0.15) is 0 Å². The second kappa shape index (κ2) is 5.84. The first-order valence-corrected chi connectivity index (χ1v) is 9.07. The van der Waals surface area contributed by atoms with Gasteiger partial charge in [0.2, 0.25) is 5.88 Å². The van der Waals surface area contributed by atoms with Crippen LogP contribution in [0.5, 0.6) is 11.6 Å². The summed E-state index contributed by atoms with van der Waals surface area (Å²) in [5, 5.41) is 10.4. The Labute approximate surface area is 152 Å². The number of nitrogen functional groups attached to an aromatic ring is 2. The maximum absolute atomic E-state index is 14.6. The third-order valence-corrected chi connectivity index (χ3v) is 5.93. The molecule has 0 saturated heterocycles. The number of hydrogen-bond acceptors (Lipinski definition) is 5. The van der Waals surface area contributed by atoms with E-state index in [1.165, 1.54) is 12.1 Å². The lowest BCUT2D eigenvalue weighted by molar-refractivity contribution is -0.0383. The summed E-state index contributed by atoms with van der Waals surface area (Å²) in [5.41, 5.74) is 13.3. The van der Waals surface area contributed by atoms with Gasteiger partial charge in [-0.3, -0.25) is 0 Å². The minimum atomic E-state index is -1.02. The summed E-state index contributed by atoms with van der Waals surface area (Å²) in [6.07, 6.45) is 5.31. The molecule has 0 spiro atoms. The van der Waals surface area contributed by atoms with E-state index in [4.69, 9.17) is 16.2 Å². The van der Waals surface area contributed by atoms with Gasteiger partial charge < -0.3 is 21.3 Å². The van der Waals surface area contributed by atoms with Gasteiger partial charge in [-0.05, 0) is 44.2 Å². The summed E-state index contributed by atoms with van der Waals surface area (Å²) in [6.45, 7) is 2.13. The van der Waals surface area contributed by atoms with Crippen molar-refractivity contribution >= 4 is 11.4 Å². The van der Waals surface area contributed by atoms with Crippen LogP contribution < -0.4 is 16.2 Å². The van der Waals surface area contributed by atoms with Gasteiger partial charge in [-0.2, -0.15) is 0 Å². The Balaban J connectivity index is 1.63. The zero-order chi connectivity index (χ0) is 18.5. The maximum Gasteiger partial charge on any atom is 0.219 e. The second-order valence-electron chi connectivity index (χ2n) is 7.86. The molecule has 1 heterocycles. The van der Waals surface area contributed by atoms with Crippen LogP contribution in [0, 0.1) is 5.82 Å². The number of nitrogens with zero attached hydrogens (tertiary/aromatic N) is 1. The molecule has 0 atom stereocenters. The average molecular weight is 357 g/mol. The Kier molecular flexibility index (Phi) is 3.84. The van der Waals surface area contributed by atoms with Crippen LogP contribution in [0.15, 0.2) is 24.3 Å². The number of pyridine rings is 1. The molecule has 6 heteroatoms. The molecule has 0 bridgehead atoms. The first kappa shape index (κ1) is 17.1. The molecule has 0 unspecified atom stereocenters. The fourth-order valence-corrected chi connectivity index (χ4v) is 3.88. The summed E-state index contributed by atoms with van der Waals surface area (Å²) in [7, 11) is 0. The van der Waals surface area contributed by atoms with Crippen molar-refractivity contribution in [2.24, 2.45) is 0 Å². The van der Waals surface area contributed by atoms with E-state index in [2.05, 4.69) is 11.9 Å². The Hall–Kier alpha value is -2.34. The van der Waals surface area contributed by atoms with E-state index >= 15 is 0 Å². The van der Waals surface area contributed by atoms with E-state index in [9.17, 15) is 9.50 Å². The molecular weight excluding hydrogens is 333 g/mol. The number of halogens is 1. The molecule has 5 nitrogen and oxygen atoms in total. The third kappa shape index (κ3) is 2.69. The molecule has 4 rings (SSSR count). The van der Waals surface area contributed by atoms with Gasteiger partial charge in [0.15, 0.2) is 11.6 Å². The lowest BCUT2D eigenvalue weighted by Gasteiger charge is -2.38. The van der Waals surface area contributed by atoms with Crippen LogP contribution in [-0.4, -0.2) is 10.1 Å². The van der Waals surface area contributed by atoms with Crippen molar-refractivity contribution in [3.63, 3.8) is 0 Å². The first-order valence-electron chi connectivity index (χ1n) is 9.07. The molecule has 2 fully saturated rings. The van der Waals surface area contributed by atoms with Gasteiger partial charge in [-0.1, -0.05) is 13.3 Å². The van der Waals surface area contributed by atoms with Gasteiger partial charge in [-0.25, -0.2) is 9.37 Å². The Bertz CT molecular complexity index is 860. The van der Waals surface area contributed by atoms with Crippen molar-refractivity contribution < 1.29 is 14.2 Å². The standard InChI is InChI=1S/C20H24FN3O2/c1-19(6-2-7-19)18-14(22)4-5-17(24-18)26-16-11-15(23)12(10-13(16)21)20(25)8-3-9-20/h4-5,10-11,25H,2-3,6-9,22-23H2,1H3. The SMILES string of the molecule is CC1(c2nc(Oc3cc(N)c(C4(O)CCC4)cc3F)ccc2N)CCC1. The van der Waals surface area contributed by atoms with E-state index in [1.807, 2.05) is 0 Å². The predicted octanol–water partition coefficient (Wildman–Crippen LogP) is 3.99. The van der Waals surface area contributed by atoms with Gasteiger partial charge in [0.05, 0.1) is 17.0 Å². The molecule has 2 aliphatic rings. The van der Waals surface area contributed by atoms with Crippen LogP contribution in [0.1, 0.15) is 56.7 Å². The lowest BCUT2D eigenvalue weighted by atomic mass is 9.67. The van der Waals surface area contributed by atoms with Crippen molar-refractivity contribution in [1.82, 2.24) is 4.98 Å².